The number of halogens is 6. The Hall–Kier alpha value is -4.50. The van der Waals surface area contributed by atoms with Gasteiger partial charge in [0, 0.05) is 30.6 Å². The Bertz CT molecular complexity index is 1570. The van der Waals surface area contributed by atoms with Gasteiger partial charge in [0.1, 0.15) is 18.1 Å². The third kappa shape index (κ3) is 11.3. The Balaban J connectivity index is 0.000000804. The van der Waals surface area contributed by atoms with Gasteiger partial charge < -0.3 is 25.0 Å². The molecule has 3 heterocycles. The lowest BCUT2D eigenvalue weighted by Gasteiger charge is -2.24. The standard InChI is InChI=1S/C30H37F3N4O4.C2HF3O2/c1-29(2,3)21-8-10-25(40-4)24(16-21)20(15-27(38)39)14-23-17-26(37(36-23)18-30(31,32)33)41-13-11-22-9-7-19-6-5-12-34-28(19)35-22;3-2(4,5)1(6)7/h7-10,16-17,20H,5-6,11-15,18H2,1-4H3,(H,34,35)(H,38,39);(H,6,7). The first-order valence-electron chi connectivity index (χ1n) is 15.0. The summed E-state index contributed by atoms with van der Waals surface area (Å²) in [5, 5.41) is 24.3. The average Bonchev–Trinajstić information content (AvgIpc) is 3.34. The van der Waals surface area contributed by atoms with Crippen LogP contribution in [0.5, 0.6) is 11.6 Å². The van der Waals surface area contributed by atoms with Crippen LogP contribution in [-0.4, -0.2) is 69.5 Å². The van der Waals surface area contributed by atoms with Crippen LogP contribution in [0.25, 0.3) is 0 Å². The predicted molar refractivity (Wildman–Crippen MR) is 163 cm³/mol. The molecule has 264 valence electrons. The number of ether oxygens (including phenoxy) is 2. The van der Waals surface area contributed by atoms with Gasteiger partial charge in [0.25, 0.3) is 0 Å². The van der Waals surface area contributed by atoms with Crippen LogP contribution in [-0.2, 0) is 40.8 Å². The third-order valence-corrected chi connectivity index (χ3v) is 7.34. The van der Waals surface area contributed by atoms with Crippen molar-refractivity contribution in [2.24, 2.45) is 0 Å². The van der Waals surface area contributed by atoms with Crippen molar-refractivity contribution in [3.05, 3.63) is 64.5 Å². The van der Waals surface area contributed by atoms with Crippen LogP contribution in [0.1, 0.15) is 67.6 Å². The van der Waals surface area contributed by atoms with E-state index in [0.717, 1.165) is 46.7 Å². The Labute approximate surface area is 273 Å². The minimum absolute atomic E-state index is 0.0297. The molecule has 0 bridgehead atoms. The molecule has 1 aliphatic rings. The smallest absolute Gasteiger partial charge is 0.490 e. The number of nitrogens with zero attached hydrogens (tertiary/aromatic N) is 3. The Morgan fingerprint density at radius 2 is 1.71 bits per heavy atom. The lowest BCUT2D eigenvalue weighted by Crippen LogP contribution is -2.21. The fourth-order valence-corrected chi connectivity index (χ4v) is 4.99. The summed E-state index contributed by atoms with van der Waals surface area (Å²) in [5.41, 5.74) is 3.67. The van der Waals surface area contributed by atoms with Gasteiger partial charge in [-0.05, 0) is 53.5 Å². The van der Waals surface area contributed by atoms with E-state index in [2.05, 4.69) is 15.4 Å². The largest absolute Gasteiger partial charge is 0.496 e. The number of hydrogen-bond donors (Lipinski definition) is 3. The molecule has 0 aliphatic carbocycles. The van der Waals surface area contributed by atoms with Gasteiger partial charge in [0.15, 0.2) is 0 Å². The molecule has 16 heteroatoms. The molecule has 4 rings (SSSR count). The fraction of sp³-hybridized carbons (Fsp3) is 0.500. The van der Waals surface area contributed by atoms with Crippen molar-refractivity contribution in [1.29, 1.82) is 0 Å². The first-order valence-corrected chi connectivity index (χ1v) is 15.0. The number of anilines is 1. The van der Waals surface area contributed by atoms with Gasteiger partial charge in [0.2, 0.25) is 5.88 Å². The van der Waals surface area contributed by atoms with Crippen LogP contribution in [0.2, 0.25) is 0 Å². The van der Waals surface area contributed by atoms with Crippen LogP contribution >= 0.6 is 0 Å². The Kier molecular flexibility index (Phi) is 12.3. The molecule has 3 N–H and O–H groups in total. The molecule has 0 saturated heterocycles. The van der Waals surface area contributed by atoms with Crippen molar-refractivity contribution in [1.82, 2.24) is 14.8 Å². The molecule has 1 atom stereocenters. The Morgan fingerprint density at radius 1 is 1.02 bits per heavy atom. The van der Waals surface area contributed by atoms with Gasteiger partial charge in [-0.3, -0.25) is 4.79 Å². The second-order valence-corrected chi connectivity index (χ2v) is 12.2. The van der Waals surface area contributed by atoms with Gasteiger partial charge in [0.05, 0.1) is 25.8 Å². The summed E-state index contributed by atoms with van der Waals surface area (Å²) in [4.78, 5) is 25.3. The van der Waals surface area contributed by atoms with Crippen LogP contribution in [0, 0.1) is 0 Å². The van der Waals surface area contributed by atoms with Crippen LogP contribution in [0.4, 0.5) is 32.2 Å². The molecule has 0 amide bonds. The lowest BCUT2D eigenvalue weighted by molar-refractivity contribution is -0.192. The number of carbonyl (C=O) groups is 2. The van der Waals surface area contributed by atoms with E-state index >= 15 is 0 Å². The highest BCUT2D eigenvalue weighted by Gasteiger charge is 2.38. The topological polar surface area (TPSA) is 136 Å². The zero-order chi connectivity index (χ0) is 35.9. The van der Waals surface area contributed by atoms with Crippen molar-refractivity contribution in [3.63, 3.8) is 0 Å². The van der Waals surface area contributed by atoms with E-state index in [0.29, 0.717) is 23.4 Å². The zero-order valence-electron chi connectivity index (χ0n) is 26.8. The molecule has 0 fully saturated rings. The number of carboxylic acid groups (broad SMARTS) is 2. The summed E-state index contributed by atoms with van der Waals surface area (Å²) in [6.07, 6.45) is -7.34. The number of fused-ring (bicyclic) bond motifs is 1. The number of pyridine rings is 1. The second-order valence-electron chi connectivity index (χ2n) is 12.2. The monoisotopic (exact) mass is 688 g/mol. The zero-order valence-corrected chi connectivity index (χ0v) is 26.8. The number of alkyl halides is 6. The minimum Gasteiger partial charge on any atom is -0.496 e. The van der Waals surface area contributed by atoms with Crippen LogP contribution < -0.4 is 14.8 Å². The van der Waals surface area contributed by atoms with Gasteiger partial charge in [-0.2, -0.15) is 31.4 Å². The molecule has 3 aromatic rings. The van der Waals surface area contributed by atoms with E-state index in [1.807, 2.05) is 45.0 Å². The number of hydrogen-bond acceptors (Lipinski definition) is 7. The van der Waals surface area contributed by atoms with E-state index in [1.54, 1.807) is 6.07 Å². The maximum atomic E-state index is 13.4. The van der Waals surface area contributed by atoms with Crippen molar-refractivity contribution < 1.29 is 55.6 Å². The van der Waals surface area contributed by atoms with Gasteiger partial charge in [-0.1, -0.05) is 39.0 Å². The first-order chi connectivity index (χ1) is 22.3. The molecule has 1 unspecified atom stereocenters. The predicted octanol–water partition coefficient (Wildman–Crippen LogP) is 6.56. The summed E-state index contributed by atoms with van der Waals surface area (Å²) in [7, 11) is 1.50. The number of nitrogens with one attached hydrogen (secondary N) is 1. The number of benzene rings is 1. The number of aromatic nitrogens is 3. The summed E-state index contributed by atoms with van der Waals surface area (Å²) < 4.78 is 84.1. The van der Waals surface area contributed by atoms with Crippen molar-refractivity contribution >= 4 is 17.8 Å². The second kappa shape index (κ2) is 15.6. The molecule has 0 saturated carbocycles. The molecule has 1 aromatic carbocycles. The summed E-state index contributed by atoms with van der Waals surface area (Å²) in [6.45, 7) is 5.77. The van der Waals surface area contributed by atoms with E-state index in [9.17, 15) is 36.2 Å². The summed E-state index contributed by atoms with van der Waals surface area (Å²) in [5.74, 6) is -3.04. The average molecular weight is 689 g/mol. The molecule has 0 radical (unpaired) electrons. The molecule has 10 nitrogen and oxygen atoms in total. The highest BCUT2D eigenvalue weighted by Crippen LogP contribution is 2.36. The van der Waals surface area contributed by atoms with Crippen LogP contribution in [0.3, 0.4) is 0 Å². The van der Waals surface area contributed by atoms with Crippen molar-refractivity contribution in [2.75, 3.05) is 25.6 Å². The highest BCUT2D eigenvalue weighted by atomic mass is 19.4. The molecule has 2 aromatic heterocycles. The number of methoxy groups -OCH3 is 1. The van der Waals surface area contributed by atoms with Gasteiger partial charge >= 0.3 is 24.3 Å². The van der Waals surface area contributed by atoms with Crippen LogP contribution in [0.15, 0.2) is 36.4 Å². The number of rotatable bonds is 11. The highest BCUT2D eigenvalue weighted by molar-refractivity contribution is 5.73. The SMILES string of the molecule is COc1ccc(C(C)(C)C)cc1C(CC(=O)O)Cc1cc(OCCc2ccc3c(n2)NCCC3)n(CC(F)(F)F)n1.O=C(O)C(F)(F)F. The first kappa shape index (κ1) is 38.0. The van der Waals surface area contributed by atoms with Gasteiger partial charge in [-0.25, -0.2) is 14.5 Å². The van der Waals surface area contributed by atoms with Crippen molar-refractivity contribution in [3.8, 4) is 11.6 Å². The third-order valence-electron chi connectivity index (χ3n) is 7.34. The van der Waals surface area contributed by atoms with E-state index in [-0.39, 0.29) is 30.7 Å². The molecular weight excluding hydrogens is 650 g/mol. The maximum Gasteiger partial charge on any atom is 0.490 e. The van der Waals surface area contributed by atoms with E-state index in [1.165, 1.54) is 13.2 Å². The van der Waals surface area contributed by atoms with Crippen molar-refractivity contribution in [2.45, 2.75) is 83.1 Å². The minimum atomic E-state index is -5.08. The molecule has 1 aliphatic heterocycles. The quantitative estimate of drug-likeness (QED) is 0.192. The maximum absolute atomic E-state index is 13.4. The summed E-state index contributed by atoms with van der Waals surface area (Å²) in [6, 6.07) is 11.0. The Morgan fingerprint density at radius 3 is 2.29 bits per heavy atom. The molecule has 0 spiro atoms. The molecule has 48 heavy (non-hydrogen) atoms. The molecular formula is C32H38F6N4O6. The van der Waals surface area contributed by atoms with Gasteiger partial charge in [-0.15, -0.1) is 0 Å². The number of aliphatic carboxylic acids is 2. The number of aryl methyl sites for hydroxylation is 1. The van der Waals surface area contributed by atoms with E-state index in [4.69, 9.17) is 19.4 Å². The number of carboxylic acids is 2. The lowest BCUT2D eigenvalue weighted by atomic mass is 9.82. The normalized spacial score (nSPS) is 13.8. The van der Waals surface area contributed by atoms with E-state index < -0.39 is 36.8 Å². The summed E-state index contributed by atoms with van der Waals surface area (Å²) >= 11 is 0. The fourth-order valence-electron chi connectivity index (χ4n) is 4.99.